The molecular weight excluding hydrogens is 412 g/mol. The number of aryl methyl sites for hydroxylation is 1. The fourth-order valence-electron chi connectivity index (χ4n) is 7.61. The van der Waals surface area contributed by atoms with Crippen molar-refractivity contribution in [3.8, 4) is 5.75 Å². The lowest BCUT2D eigenvalue weighted by atomic mass is 9.53. The van der Waals surface area contributed by atoms with E-state index < -0.39 is 11.9 Å². The van der Waals surface area contributed by atoms with Gasteiger partial charge in [0.05, 0.1) is 0 Å². The molecule has 5 rings (SSSR count). The normalized spacial score (nSPS) is 31.1. The number of carboxylic acids is 1. The predicted molar refractivity (Wildman–Crippen MR) is 127 cm³/mol. The summed E-state index contributed by atoms with van der Waals surface area (Å²) in [5, 5.41) is 9.78. The molecule has 0 heterocycles. The van der Waals surface area contributed by atoms with E-state index in [0.29, 0.717) is 24.4 Å². The molecule has 4 unspecified atom stereocenters. The highest BCUT2D eigenvalue weighted by Gasteiger charge is 2.58. The van der Waals surface area contributed by atoms with Crippen LogP contribution in [-0.2, 0) is 22.6 Å². The third-order valence-electron chi connectivity index (χ3n) is 9.13. The Hall–Kier alpha value is -2.62. The summed E-state index contributed by atoms with van der Waals surface area (Å²) in [5.74, 6) is 0.550. The summed E-state index contributed by atoms with van der Waals surface area (Å²) >= 11 is 0. The number of aliphatic carboxylic acids is 1. The lowest BCUT2D eigenvalue weighted by Gasteiger charge is -2.51. The van der Waals surface area contributed by atoms with Gasteiger partial charge in [-0.15, -0.1) is 0 Å². The van der Waals surface area contributed by atoms with Gasteiger partial charge < -0.3 is 9.84 Å². The van der Waals surface area contributed by atoms with Crippen LogP contribution in [-0.4, -0.2) is 16.9 Å². The van der Waals surface area contributed by atoms with Crippen LogP contribution >= 0.6 is 0 Å². The Labute approximate surface area is 196 Å². The van der Waals surface area contributed by atoms with Gasteiger partial charge in [0, 0.05) is 0 Å². The highest BCUT2D eigenvalue weighted by atomic mass is 16.5. The SMILES string of the molecule is CC(=O)C(C(=O)O)[C@H]1CCC2C3CCc4cc(OCc5ccccc5)ccc4C3CC[C@@]21C. The maximum absolute atomic E-state index is 12.2. The maximum atomic E-state index is 12.2. The molecule has 174 valence electrons. The van der Waals surface area contributed by atoms with Crippen molar-refractivity contribution in [3.63, 3.8) is 0 Å². The summed E-state index contributed by atoms with van der Waals surface area (Å²) in [6.07, 6.45) is 6.19. The van der Waals surface area contributed by atoms with Crippen LogP contribution in [0.25, 0.3) is 0 Å². The summed E-state index contributed by atoms with van der Waals surface area (Å²) in [4.78, 5) is 24.2. The maximum Gasteiger partial charge on any atom is 0.314 e. The van der Waals surface area contributed by atoms with E-state index in [1.165, 1.54) is 23.6 Å². The van der Waals surface area contributed by atoms with Gasteiger partial charge in [0.2, 0.25) is 0 Å². The second kappa shape index (κ2) is 8.62. The van der Waals surface area contributed by atoms with Gasteiger partial charge in [0.15, 0.2) is 0 Å². The van der Waals surface area contributed by atoms with Crippen molar-refractivity contribution in [2.75, 3.05) is 0 Å². The zero-order chi connectivity index (χ0) is 23.2. The van der Waals surface area contributed by atoms with Crippen molar-refractivity contribution in [2.24, 2.45) is 29.1 Å². The first-order chi connectivity index (χ1) is 15.9. The molecule has 4 nitrogen and oxygen atoms in total. The molecular formula is C29H34O4. The molecule has 2 fully saturated rings. The van der Waals surface area contributed by atoms with Crippen molar-refractivity contribution in [1.29, 1.82) is 0 Å². The zero-order valence-corrected chi connectivity index (χ0v) is 19.6. The molecule has 33 heavy (non-hydrogen) atoms. The van der Waals surface area contributed by atoms with Crippen LogP contribution in [0.1, 0.15) is 68.6 Å². The van der Waals surface area contributed by atoms with E-state index >= 15 is 0 Å². The van der Waals surface area contributed by atoms with E-state index in [9.17, 15) is 14.7 Å². The molecule has 3 aliphatic carbocycles. The third-order valence-corrected chi connectivity index (χ3v) is 9.13. The van der Waals surface area contributed by atoms with Gasteiger partial charge in [0.25, 0.3) is 0 Å². The molecule has 0 aromatic heterocycles. The minimum absolute atomic E-state index is 0.0337. The summed E-state index contributed by atoms with van der Waals surface area (Å²) < 4.78 is 6.08. The van der Waals surface area contributed by atoms with Crippen LogP contribution in [0.2, 0.25) is 0 Å². The van der Waals surface area contributed by atoms with Crippen LogP contribution < -0.4 is 4.74 Å². The van der Waals surface area contributed by atoms with E-state index in [0.717, 1.165) is 44.3 Å². The topological polar surface area (TPSA) is 63.6 Å². The number of hydrogen-bond acceptors (Lipinski definition) is 3. The fraction of sp³-hybridized carbons (Fsp3) is 0.517. The number of carboxylic acid groups (broad SMARTS) is 1. The highest BCUT2D eigenvalue weighted by molar-refractivity contribution is 5.97. The molecule has 0 aliphatic heterocycles. The van der Waals surface area contributed by atoms with Crippen LogP contribution in [0.15, 0.2) is 48.5 Å². The van der Waals surface area contributed by atoms with Crippen molar-refractivity contribution in [1.82, 2.24) is 0 Å². The molecule has 3 aliphatic rings. The first kappa shape index (κ1) is 22.2. The Bertz CT molecular complexity index is 1030. The average molecular weight is 447 g/mol. The largest absolute Gasteiger partial charge is 0.489 e. The van der Waals surface area contributed by atoms with E-state index in [1.54, 1.807) is 0 Å². The monoisotopic (exact) mass is 446 g/mol. The molecule has 0 saturated heterocycles. The first-order valence-electron chi connectivity index (χ1n) is 12.4. The van der Waals surface area contributed by atoms with Gasteiger partial charge in [-0.25, -0.2) is 0 Å². The predicted octanol–water partition coefficient (Wildman–Crippen LogP) is 6.03. The van der Waals surface area contributed by atoms with Gasteiger partial charge in [0.1, 0.15) is 24.1 Å². The number of ketones is 1. The highest BCUT2D eigenvalue weighted by Crippen LogP contribution is 2.64. The van der Waals surface area contributed by atoms with Gasteiger partial charge >= 0.3 is 5.97 Å². The number of carbonyl (C=O) groups is 2. The Morgan fingerprint density at radius 1 is 1.09 bits per heavy atom. The van der Waals surface area contributed by atoms with E-state index in [2.05, 4.69) is 37.3 Å². The molecule has 6 atom stereocenters. The summed E-state index contributed by atoms with van der Waals surface area (Å²) in [6.45, 7) is 4.31. The molecule has 0 amide bonds. The smallest absolute Gasteiger partial charge is 0.314 e. The van der Waals surface area contributed by atoms with Crippen LogP contribution in [0.5, 0.6) is 5.75 Å². The number of Topliss-reactive ketones (excluding diaryl/α,β-unsaturated/α-hetero) is 1. The van der Waals surface area contributed by atoms with Crippen molar-refractivity contribution in [2.45, 2.75) is 64.9 Å². The molecule has 0 radical (unpaired) electrons. The van der Waals surface area contributed by atoms with E-state index in [4.69, 9.17) is 4.74 Å². The van der Waals surface area contributed by atoms with Crippen molar-refractivity contribution < 1.29 is 19.4 Å². The number of carbonyl (C=O) groups excluding carboxylic acids is 1. The summed E-state index contributed by atoms with van der Waals surface area (Å²) in [7, 11) is 0. The Balaban J connectivity index is 1.34. The molecule has 1 N–H and O–H groups in total. The molecule has 2 aromatic rings. The second-order valence-electron chi connectivity index (χ2n) is 10.7. The van der Waals surface area contributed by atoms with Crippen LogP contribution in [0.4, 0.5) is 0 Å². The third kappa shape index (κ3) is 3.88. The first-order valence-corrected chi connectivity index (χ1v) is 12.4. The number of hydrogen-bond donors (Lipinski definition) is 1. The number of benzene rings is 2. The van der Waals surface area contributed by atoms with Crippen molar-refractivity contribution >= 4 is 11.8 Å². The number of fused-ring (bicyclic) bond motifs is 5. The minimum Gasteiger partial charge on any atom is -0.489 e. The van der Waals surface area contributed by atoms with E-state index in [-0.39, 0.29) is 17.1 Å². The molecule has 0 spiro atoms. The minimum atomic E-state index is -0.937. The lowest BCUT2D eigenvalue weighted by Crippen LogP contribution is -2.46. The van der Waals surface area contributed by atoms with Crippen LogP contribution in [0, 0.1) is 29.1 Å². The van der Waals surface area contributed by atoms with E-state index in [1.807, 2.05) is 18.2 Å². The van der Waals surface area contributed by atoms with Gasteiger partial charge in [-0.3, -0.25) is 9.59 Å². The lowest BCUT2D eigenvalue weighted by molar-refractivity contribution is -0.151. The van der Waals surface area contributed by atoms with Crippen molar-refractivity contribution in [3.05, 3.63) is 65.2 Å². The van der Waals surface area contributed by atoms with Gasteiger partial charge in [-0.05, 0) is 103 Å². The zero-order valence-electron chi connectivity index (χ0n) is 19.6. The van der Waals surface area contributed by atoms with Crippen LogP contribution in [0.3, 0.4) is 0 Å². The van der Waals surface area contributed by atoms with Gasteiger partial charge in [-0.1, -0.05) is 43.3 Å². The molecule has 0 bridgehead atoms. The summed E-state index contributed by atoms with van der Waals surface area (Å²) in [6, 6.07) is 16.9. The van der Waals surface area contributed by atoms with Gasteiger partial charge in [-0.2, -0.15) is 0 Å². The number of ether oxygens (including phenoxy) is 1. The molecule has 4 heteroatoms. The number of rotatable bonds is 6. The average Bonchev–Trinajstić information content (AvgIpc) is 3.14. The molecule has 2 saturated carbocycles. The Kier molecular flexibility index (Phi) is 5.80. The second-order valence-corrected chi connectivity index (χ2v) is 10.7. The quantitative estimate of drug-likeness (QED) is 0.551. The Morgan fingerprint density at radius 3 is 2.61 bits per heavy atom. The fourth-order valence-corrected chi connectivity index (χ4v) is 7.61. The standard InChI is InChI=1S/C29H34O4/c1-18(30)27(28(31)32)26-13-12-25-24-10-8-20-16-21(33-17-19-6-4-3-5-7-19)9-11-22(20)23(24)14-15-29(25,26)2/h3-7,9,11,16,23-27H,8,10,12-15,17H2,1-2H3,(H,31,32)/t23?,24?,25?,26-,27?,29+/m1/s1. The molecule has 2 aromatic carbocycles. The summed E-state index contributed by atoms with van der Waals surface area (Å²) in [5.41, 5.74) is 3.99. The Morgan fingerprint density at radius 2 is 1.88 bits per heavy atom.